The van der Waals surface area contributed by atoms with Gasteiger partial charge in [0.25, 0.3) is 0 Å². The minimum atomic E-state index is -0.311. The van der Waals surface area contributed by atoms with Gasteiger partial charge in [-0.3, -0.25) is 4.79 Å². The van der Waals surface area contributed by atoms with E-state index >= 15 is 0 Å². The van der Waals surface area contributed by atoms with Crippen molar-refractivity contribution in [3.05, 3.63) is 35.1 Å². The molecule has 1 saturated heterocycles. The van der Waals surface area contributed by atoms with Gasteiger partial charge >= 0.3 is 0 Å². The van der Waals surface area contributed by atoms with Crippen molar-refractivity contribution in [2.75, 3.05) is 18.1 Å². The molecule has 1 N–H and O–H groups in total. The number of ketones is 1. The van der Waals surface area contributed by atoms with Crippen molar-refractivity contribution in [2.45, 2.75) is 13.0 Å². The van der Waals surface area contributed by atoms with Crippen LogP contribution in [-0.4, -0.2) is 29.9 Å². The molecule has 2 rings (SSSR count). The molecule has 0 spiro atoms. The van der Waals surface area contributed by atoms with Gasteiger partial charge < -0.3 is 5.32 Å². The molecule has 1 aromatic rings. The van der Waals surface area contributed by atoms with Gasteiger partial charge in [-0.15, -0.1) is 0 Å². The number of halogens is 1. The van der Waals surface area contributed by atoms with Crippen LogP contribution in [0.15, 0.2) is 18.2 Å². The molecule has 2 nitrogen and oxygen atoms in total. The predicted octanol–water partition coefficient (Wildman–Crippen LogP) is 2.02. The van der Waals surface area contributed by atoms with E-state index in [1.807, 2.05) is 0 Å². The van der Waals surface area contributed by atoms with Crippen molar-refractivity contribution in [3.63, 3.8) is 0 Å². The van der Waals surface area contributed by atoms with Gasteiger partial charge in [-0.2, -0.15) is 11.8 Å². The van der Waals surface area contributed by atoms with Gasteiger partial charge in [-0.25, -0.2) is 4.39 Å². The molecule has 0 aromatic heterocycles. The minimum Gasteiger partial charge on any atom is -0.306 e. The summed E-state index contributed by atoms with van der Waals surface area (Å²) in [5.74, 6) is 1.49. The number of nitrogens with one attached hydrogen (secondary N) is 1. The zero-order chi connectivity index (χ0) is 11.5. The fourth-order valence-electron chi connectivity index (χ4n) is 1.68. The third-order valence-electron chi connectivity index (χ3n) is 2.69. The normalized spacial score (nSPS) is 20.8. The summed E-state index contributed by atoms with van der Waals surface area (Å²) in [4.78, 5) is 12.0. The number of aryl methyl sites for hydroxylation is 1. The summed E-state index contributed by atoms with van der Waals surface area (Å²) in [6.45, 7) is 2.54. The summed E-state index contributed by atoms with van der Waals surface area (Å²) >= 11 is 1.76. The lowest BCUT2D eigenvalue weighted by molar-refractivity contribution is 0.0952. The average molecular weight is 239 g/mol. The predicted molar refractivity (Wildman–Crippen MR) is 64.6 cm³/mol. The largest absolute Gasteiger partial charge is 0.306 e. The second-order valence-electron chi connectivity index (χ2n) is 3.91. The Hall–Kier alpha value is -0.870. The molecule has 1 heterocycles. The molecular weight excluding hydrogens is 225 g/mol. The van der Waals surface area contributed by atoms with Crippen LogP contribution in [-0.2, 0) is 0 Å². The Labute approximate surface area is 98.6 Å². The third kappa shape index (κ3) is 2.44. The van der Waals surface area contributed by atoms with Gasteiger partial charge in [0.2, 0.25) is 0 Å². The molecule has 1 unspecified atom stereocenters. The molecule has 16 heavy (non-hydrogen) atoms. The highest BCUT2D eigenvalue weighted by atomic mass is 32.2. The fraction of sp³-hybridized carbons (Fsp3) is 0.417. The second kappa shape index (κ2) is 4.97. The highest BCUT2D eigenvalue weighted by molar-refractivity contribution is 7.99. The van der Waals surface area contributed by atoms with Gasteiger partial charge in [0.15, 0.2) is 5.78 Å². The number of benzene rings is 1. The third-order valence-corrected chi connectivity index (χ3v) is 3.76. The number of Topliss-reactive ketones (excluding diaryl/α,β-unsaturated/α-hetero) is 1. The zero-order valence-electron chi connectivity index (χ0n) is 9.13. The molecule has 0 radical (unpaired) electrons. The Bertz CT molecular complexity index is 402. The van der Waals surface area contributed by atoms with Crippen molar-refractivity contribution in [1.82, 2.24) is 5.32 Å². The SMILES string of the molecule is Cc1ccc(C(=O)C2CSCCN2)cc1F. The maximum atomic E-state index is 13.3. The van der Waals surface area contributed by atoms with Crippen LogP contribution in [0, 0.1) is 12.7 Å². The quantitative estimate of drug-likeness (QED) is 0.801. The maximum Gasteiger partial charge on any atom is 0.180 e. The molecule has 1 aliphatic rings. The molecular formula is C12H14FNOS. The fourth-order valence-corrected chi connectivity index (χ4v) is 2.61. The van der Waals surface area contributed by atoms with Crippen LogP contribution in [0.25, 0.3) is 0 Å². The molecule has 1 aromatic carbocycles. The van der Waals surface area contributed by atoms with E-state index in [1.165, 1.54) is 6.07 Å². The number of rotatable bonds is 2. The monoisotopic (exact) mass is 239 g/mol. The van der Waals surface area contributed by atoms with E-state index in [0.717, 1.165) is 18.1 Å². The Kier molecular flexibility index (Phi) is 3.61. The van der Waals surface area contributed by atoms with E-state index < -0.39 is 0 Å². The second-order valence-corrected chi connectivity index (χ2v) is 5.06. The first-order valence-corrected chi connectivity index (χ1v) is 6.45. The van der Waals surface area contributed by atoms with Crippen molar-refractivity contribution in [3.8, 4) is 0 Å². The van der Waals surface area contributed by atoms with Gasteiger partial charge in [0.05, 0.1) is 6.04 Å². The molecule has 4 heteroatoms. The van der Waals surface area contributed by atoms with Crippen molar-refractivity contribution in [2.24, 2.45) is 0 Å². The summed E-state index contributed by atoms with van der Waals surface area (Å²) in [7, 11) is 0. The lowest BCUT2D eigenvalue weighted by Gasteiger charge is -2.21. The maximum absolute atomic E-state index is 13.3. The Balaban J connectivity index is 2.16. The number of hydrogen-bond acceptors (Lipinski definition) is 3. The van der Waals surface area contributed by atoms with Gasteiger partial charge in [0, 0.05) is 23.6 Å². The molecule has 86 valence electrons. The van der Waals surface area contributed by atoms with Crippen molar-refractivity contribution >= 4 is 17.5 Å². The van der Waals surface area contributed by atoms with Gasteiger partial charge in [-0.1, -0.05) is 12.1 Å². The lowest BCUT2D eigenvalue weighted by atomic mass is 10.0. The first-order valence-electron chi connectivity index (χ1n) is 5.30. The van der Waals surface area contributed by atoms with Crippen LogP contribution >= 0.6 is 11.8 Å². The molecule has 0 aliphatic carbocycles. The van der Waals surface area contributed by atoms with E-state index in [0.29, 0.717) is 11.1 Å². The minimum absolute atomic E-state index is 0.00824. The van der Waals surface area contributed by atoms with Crippen LogP contribution < -0.4 is 5.32 Å². The van der Waals surface area contributed by atoms with Gasteiger partial charge in [0.1, 0.15) is 5.82 Å². The number of carbonyl (C=O) groups excluding carboxylic acids is 1. The summed E-state index contributed by atoms with van der Waals surface area (Å²) in [6.07, 6.45) is 0. The summed E-state index contributed by atoms with van der Waals surface area (Å²) in [6, 6.07) is 4.51. The topological polar surface area (TPSA) is 29.1 Å². The number of carbonyl (C=O) groups is 1. The van der Waals surface area contributed by atoms with Crippen LogP contribution in [0.2, 0.25) is 0 Å². The number of hydrogen-bond donors (Lipinski definition) is 1. The van der Waals surface area contributed by atoms with E-state index in [2.05, 4.69) is 5.32 Å². The van der Waals surface area contributed by atoms with E-state index in [9.17, 15) is 9.18 Å². The Morgan fingerprint density at radius 1 is 1.56 bits per heavy atom. The van der Waals surface area contributed by atoms with Crippen LogP contribution in [0.4, 0.5) is 4.39 Å². The first-order chi connectivity index (χ1) is 7.68. The van der Waals surface area contributed by atoms with E-state index in [4.69, 9.17) is 0 Å². The first kappa shape index (κ1) is 11.6. The highest BCUT2D eigenvalue weighted by Crippen LogP contribution is 2.15. The van der Waals surface area contributed by atoms with Crippen LogP contribution in [0.5, 0.6) is 0 Å². The van der Waals surface area contributed by atoms with E-state index in [1.54, 1.807) is 30.8 Å². The molecule has 0 saturated carbocycles. The Morgan fingerprint density at radius 2 is 2.38 bits per heavy atom. The van der Waals surface area contributed by atoms with Crippen LogP contribution in [0.1, 0.15) is 15.9 Å². The van der Waals surface area contributed by atoms with Crippen molar-refractivity contribution in [1.29, 1.82) is 0 Å². The smallest absolute Gasteiger partial charge is 0.180 e. The summed E-state index contributed by atoms with van der Waals surface area (Å²) in [5.41, 5.74) is 1.03. The zero-order valence-corrected chi connectivity index (χ0v) is 9.94. The number of thioether (sulfide) groups is 1. The van der Waals surface area contributed by atoms with Crippen LogP contribution in [0.3, 0.4) is 0 Å². The molecule has 1 aliphatic heterocycles. The molecule has 0 bridgehead atoms. The molecule has 1 fully saturated rings. The Morgan fingerprint density at radius 3 is 3.00 bits per heavy atom. The van der Waals surface area contributed by atoms with Gasteiger partial charge in [-0.05, 0) is 18.6 Å². The standard InChI is InChI=1S/C12H14FNOS/c1-8-2-3-9(6-10(8)13)12(15)11-7-16-5-4-14-11/h2-3,6,11,14H,4-5,7H2,1H3. The lowest BCUT2D eigenvalue weighted by Crippen LogP contribution is -2.43. The molecule has 1 atom stereocenters. The molecule has 0 amide bonds. The summed E-state index contributed by atoms with van der Waals surface area (Å²) < 4.78 is 13.3. The van der Waals surface area contributed by atoms with Crippen molar-refractivity contribution < 1.29 is 9.18 Å². The summed E-state index contributed by atoms with van der Waals surface area (Å²) in [5, 5.41) is 3.16. The van der Waals surface area contributed by atoms with E-state index in [-0.39, 0.29) is 17.6 Å². The average Bonchev–Trinajstić information content (AvgIpc) is 2.33. The highest BCUT2D eigenvalue weighted by Gasteiger charge is 2.22.